The lowest BCUT2D eigenvalue weighted by Crippen LogP contribution is -2.06. The van der Waals surface area contributed by atoms with Crippen LogP contribution in [0.5, 0.6) is 0 Å². The van der Waals surface area contributed by atoms with Crippen molar-refractivity contribution in [2.24, 2.45) is 0 Å². The largest absolute Gasteiger partial charge is 0.452 e. The molecule has 130 valence electrons. The number of carbonyl (C=O) groups is 1. The summed E-state index contributed by atoms with van der Waals surface area (Å²) in [7, 11) is 0. The second kappa shape index (κ2) is 8.04. The van der Waals surface area contributed by atoms with E-state index in [0.717, 1.165) is 11.1 Å². The molecule has 0 saturated carbocycles. The van der Waals surface area contributed by atoms with Gasteiger partial charge in [-0.15, -0.1) is 0 Å². The lowest BCUT2D eigenvalue weighted by Gasteiger charge is -2.08. The van der Waals surface area contributed by atoms with E-state index in [1.165, 1.54) is 0 Å². The first-order valence-corrected chi connectivity index (χ1v) is 8.79. The van der Waals surface area contributed by atoms with E-state index in [1.54, 1.807) is 23.5 Å². The van der Waals surface area contributed by atoms with Crippen LogP contribution in [0.4, 0.5) is 0 Å². The molecule has 25 heavy (non-hydrogen) atoms. The summed E-state index contributed by atoms with van der Waals surface area (Å²) in [5, 5.41) is 7.72. The summed E-state index contributed by atoms with van der Waals surface area (Å²) in [5.74, 6) is 0.310. The van der Waals surface area contributed by atoms with Crippen LogP contribution in [0.1, 0.15) is 35.7 Å². The number of thiophene rings is 1. The number of aromatic nitrogens is 2. The Morgan fingerprint density at radius 1 is 1.20 bits per heavy atom. The molecule has 2 aromatic heterocycles. The number of carbonyl (C=O) groups excluding carboxylic acids is 1. The molecule has 3 rings (SSSR count). The van der Waals surface area contributed by atoms with Crippen molar-refractivity contribution in [2.45, 2.75) is 33.2 Å². The monoisotopic (exact) mass is 358 g/mol. The van der Waals surface area contributed by atoms with Crippen molar-refractivity contribution in [1.82, 2.24) is 10.1 Å². The van der Waals surface area contributed by atoms with Gasteiger partial charge in [-0.05, 0) is 43.0 Å². The van der Waals surface area contributed by atoms with E-state index in [9.17, 15) is 4.79 Å². The molecule has 0 unspecified atom stereocenters. The Balaban J connectivity index is 1.54. The maximum atomic E-state index is 12.1. The average molecular weight is 358 g/mol. The molecule has 0 amide bonds. The third-order valence-corrected chi connectivity index (χ3v) is 4.03. The van der Waals surface area contributed by atoms with Crippen LogP contribution in [0.25, 0.3) is 11.4 Å². The molecule has 0 atom stereocenters. The van der Waals surface area contributed by atoms with Gasteiger partial charge < -0.3 is 14.0 Å². The molecule has 0 aliphatic rings. The molecule has 0 saturated heterocycles. The fraction of sp³-hybridized carbons (Fsp3) is 0.278. The first-order chi connectivity index (χ1) is 12.1. The smallest absolute Gasteiger partial charge is 0.338 e. The molecule has 0 aliphatic heterocycles. The van der Waals surface area contributed by atoms with Crippen molar-refractivity contribution in [3.8, 4) is 11.4 Å². The summed E-state index contributed by atoms with van der Waals surface area (Å²) in [6, 6.07) is 9.02. The van der Waals surface area contributed by atoms with Gasteiger partial charge in [0.15, 0.2) is 6.61 Å². The van der Waals surface area contributed by atoms with E-state index in [-0.39, 0.29) is 18.6 Å². The first kappa shape index (κ1) is 17.3. The maximum absolute atomic E-state index is 12.1. The topological polar surface area (TPSA) is 74.5 Å². The lowest BCUT2D eigenvalue weighted by molar-refractivity contribution is 0.0429. The van der Waals surface area contributed by atoms with Crippen LogP contribution in [0.15, 0.2) is 45.6 Å². The zero-order valence-electron chi connectivity index (χ0n) is 14.0. The molecule has 2 heterocycles. The number of ether oxygens (including phenoxy) is 2. The Morgan fingerprint density at radius 3 is 2.68 bits per heavy atom. The summed E-state index contributed by atoms with van der Waals surface area (Å²) in [6.07, 6.45) is 0.165. The zero-order valence-corrected chi connectivity index (χ0v) is 14.8. The Morgan fingerprint density at radius 2 is 2.00 bits per heavy atom. The minimum Gasteiger partial charge on any atom is -0.452 e. The number of benzene rings is 1. The predicted molar refractivity (Wildman–Crippen MR) is 93.1 cm³/mol. The number of rotatable bonds is 7. The molecule has 1 aromatic carbocycles. The Labute approximate surface area is 149 Å². The summed E-state index contributed by atoms with van der Waals surface area (Å²) in [6.45, 7) is 4.41. The van der Waals surface area contributed by atoms with Gasteiger partial charge in [0, 0.05) is 10.9 Å². The molecule has 3 aromatic rings. The highest BCUT2D eigenvalue weighted by atomic mass is 32.1. The third kappa shape index (κ3) is 4.74. The molecule has 0 aliphatic carbocycles. The summed E-state index contributed by atoms with van der Waals surface area (Å²) >= 11 is 1.55. The van der Waals surface area contributed by atoms with Crippen LogP contribution >= 0.6 is 11.3 Å². The highest BCUT2D eigenvalue weighted by Gasteiger charge is 2.13. The van der Waals surface area contributed by atoms with Crippen LogP contribution in [0.2, 0.25) is 0 Å². The number of hydrogen-bond donors (Lipinski definition) is 0. The quantitative estimate of drug-likeness (QED) is 0.593. The fourth-order valence-corrected chi connectivity index (χ4v) is 2.67. The molecular formula is C18H18N2O4S. The van der Waals surface area contributed by atoms with Gasteiger partial charge in [-0.1, -0.05) is 17.3 Å². The number of nitrogens with zero attached hydrogens (tertiary/aromatic N) is 2. The van der Waals surface area contributed by atoms with Crippen molar-refractivity contribution in [3.63, 3.8) is 0 Å². The third-order valence-electron chi connectivity index (χ3n) is 3.35. The van der Waals surface area contributed by atoms with Gasteiger partial charge in [0.05, 0.1) is 18.3 Å². The number of hydrogen-bond acceptors (Lipinski definition) is 7. The van der Waals surface area contributed by atoms with Crippen molar-refractivity contribution >= 4 is 17.3 Å². The predicted octanol–water partition coefficient (Wildman–Crippen LogP) is 4.08. The van der Waals surface area contributed by atoms with Crippen LogP contribution in [0.3, 0.4) is 0 Å². The highest BCUT2D eigenvalue weighted by molar-refractivity contribution is 7.08. The van der Waals surface area contributed by atoms with Gasteiger partial charge in [0.25, 0.3) is 5.89 Å². The minimum absolute atomic E-state index is 0.0613. The fourth-order valence-electron chi connectivity index (χ4n) is 2.03. The normalized spacial score (nSPS) is 11.0. The van der Waals surface area contributed by atoms with Gasteiger partial charge in [-0.3, -0.25) is 0 Å². The Kier molecular flexibility index (Phi) is 5.57. The van der Waals surface area contributed by atoms with Crippen molar-refractivity contribution in [3.05, 3.63) is 58.1 Å². The summed E-state index contributed by atoms with van der Waals surface area (Å²) in [5.41, 5.74) is 2.35. The molecule has 0 radical (unpaired) electrons. The Hall–Kier alpha value is -2.51. The van der Waals surface area contributed by atoms with Gasteiger partial charge in [-0.25, -0.2) is 4.79 Å². The molecule has 6 nitrogen and oxygen atoms in total. The van der Waals surface area contributed by atoms with Gasteiger partial charge in [0.2, 0.25) is 5.82 Å². The summed E-state index contributed by atoms with van der Waals surface area (Å²) < 4.78 is 15.8. The summed E-state index contributed by atoms with van der Waals surface area (Å²) in [4.78, 5) is 16.3. The molecule has 7 heteroatoms. The molecular weight excluding hydrogens is 340 g/mol. The molecule has 0 bridgehead atoms. The van der Waals surface area contributed by atoms with E-state index in [4.69, 9.17) is 14.0 Å². The molecule has 0 N–H and O–H groups in total. The minimum atomic E-state index is -0.438. The zero-order chi connectivity index (χ0) is 17.6. The van der Waals surface area contributed by atoms with Crippen LogP contribution in [0, 0.1) is 0 Å². The Bertz CT molecular complexity index is 810. The second-order valence-corrected chi connectivity index (χ2v) is 6.44. The SMILES string of the molecule is CC(C)OCc1ccc(C(=O)OCc2nc(-c3ccsc3)no2)cc1. The van der Waals surface area contributed by atoms with Crippen molar-refractivity contribution in [2.75, 3.05) is 0 Å². The lowest BCUT2D eigenvalue weighted by atomic mass is 10.1. The van der Waals surface area contributed by atoms with Crippen LogP contribution < -0.4 is 0 Å². The maximum Gasteiger partial charge on any atom is 0.338 e. The molecule has 0 spiro atoms. The van der Waals surface area contributed by atoms with Crippen molar-refractivity contribution in [1.29, 1.82) is 0 Å². The van der Waals surface area contributed by atoms with Gasteiger partial charge >= 0.3 is 5.97 Å². The van der Waals surface area contributed by atoms with E-state index in [1.807, 2.05) is 42.8 Å². The first-order valence-electron chi connectivity index (χ1n) is 7.84. The van der Waals surface area contributed by atoms with E-state index >= 15 is 0 Å². The highest BCUT2D eigenvalue weighted by Crippen LogP contribution is 2.19. The van der Waals surface area contributed by atoms with Gasteiger partial charge in [0.1, 0.15) is 0 Å². The van der Waals surface area contributed by atoms with Crippen molar-refractivity contribution < 1.29 is 18.8 Å². The van der Waals surface area contributed by atoms with Crippen LogP contribution in [-0.4, -0.2) is 22.2 Å². The average Bonchev–Trinajstić information content (AvgIpc) is 3.29. The number of esters is 1. The standard InChI is InChI=1S/C18H18N2O4S/c1-12(2)22-9-13-3-5-14(6-4-13)18(21)23-10-16-19-17(20-24-16)15-7-8-25-11-15/h3-8,11-12H,9-10H2,1-2H3. The second-order valence-electron chi connectivity index (χ2n) is 5.66. The van der Waals surface area contributed by atoms with E-state index < -0.39 is 5.97 Å². The van der Waals surface area contributed by atoms with Gasteiger partial charge in [-0.2, -0.15) is 16.3 Å². The van der Waals surface area contributed by atoms with E-state index in [2.05, 4.69) is 10.1 Å². The molecule has 0 fully saturated rings. The van der Waals surface area contributed by atoms with Crippen LogP contribution in [-0.2, 0) is 22.7 Å². The van der Waals surface area contributed by atoms with E-state index in [0.29, 0.717) is 18.0 Å².